The smallest absolute Gasteiger partial charge is 0.187 e. The van der Waals surface area contributed by atoms with Crippen molar-refractivity contribution in [2.45, 2.75) is 57.3 Å². The highest BCUT2D eigenvalue weighted by Gasteiger charge is 2.54. The molecule has 0 saturated carbocycles. The monoisotopic (exact) mass is 244 g/mol. The van der Waals surface area contributed by atoms with Gasteiger partial charge in [-0.2, -0.15) is 0 Å². The van der Waals surface area contributed by atoms with Gasteiger partial charge in [0.1, 0.15) is 18.3 Å². The van der Waals surface area contributed by atoms with Crippen molar-refractivity contribution in [2.24, 2.45) is 0 Å². The zero-order valence-corrected chi connectivity index (χ0v) is 10.5. The van der Waals surface area contributed by atoms with Crippen LogP contribution in [0.15, 0.2) is 12.7 Å². The molecular weight excluding hydrogens is 224 g/mol. The van der Waals surface area contributed by atoms with Crippen LogP contribution in [0.25, 0.3) is 0 Å². The van der Waals surface area contributed by atoms with Crippen molar-refractivity contribution in [2.75, 3.05) is 6.61 Å². The van der Waals surface area contributed by atoms with E-state index in [1.807, 2.05) is 13.8 Å². The molecule has 0 spiro atoms. The number of rotatable bonds is 3. The highest BCUT2D eigenvalue weighted by Crippen LogP contribution is 2.37. The van der Waals surface area contributed by atoms with Gasteiger partial charge in [0.2, 0.25) is 0 Å². The third kappa shape index (κ3) is 2.53. The predicted molar refractivity (Wildman–Crippen MR) is 60.3 cm³/mol. The largest absolute Gasteiger partial charge is 0.388 e. The Balaban J connectivity index is 2.11. The van der Waals surface area contributed by atoms with Crippen molar-refractivity contribution in [3.8, 4) is 0 Å². The average Bonchev–Trinajstić information content (AvgIpc) is 2.58. The van der Waals surface area contributed by atoms with Crippen LogP contribution >= 0.6 is 0 Å². The van der Waals surface area contributed by atoms with Gasteiger partial charge in [-0.3, -0.25) is 0 Å². The average molecular weight is 244 g/mol. The van der Waals surface area contributed by atoms with E-state index in [0.29, 0.717) is 6.61 Å². The molecule has 0 radical (unpaired) electrons. The molecule has 2 saturated heterocycles. The molecule has 1 N–H and O–H groups in total. The molecule has 2 aliphatic heterocycles. The lowest BCUT2D eigenvalue weighted by Crippen LogP contribution is -2.55. The molecule has 0 aromatic rings. The maximum Gasteiger partial charge on any atom is 0.187 e. The van der Waals surface area contributed by atoms with Gasteiger partial charge < -0.3 is 24.1 Å². The summed E-state index contributed by atoms with van der Waals surface area (Å²) in [5.74, 6) is -0.723. The third-order valence-electron chi connectivity index (χ3n) is 2.98. The summed E-state index contributed by atoms with van der Waals surface area (Å²) in [4.78, 5) is 0. The lowest BCUT2D eigenvalue weighted by molar-refractivity contribution is -0.268. The van der Waals surface area contributed by atoms with Gasteiger partial charge in [0.05, 0.1) is 12.7 Å². The fourth-order valence-electron chi connectivity index (χ4n) is 2.23. The maximum absolute atomic E-state index is 10.0. The van der Waals surface area contributed by atoms with Gasteiger partial charge in [-0.15, -0.1) is 6.58 Å². The first-order valence-electron chi connectivity index (χ1n) is 5.86. The van der Waals surface area contributed by atoms with Crippen molar-refractivity contribution in [1.82, 2.24) is 0 Å². The standard InChI is InChI=1S/C12H20O5/c1-5-6-14-11-10-9(8(13)7(2)15-11)16-12(3,4)17-10/h5,7-11,13H,1,6H2,2-4H3/t7?,8-,9?,10?,11+/m0/s1. The zero-order chi connectivity index (χ0) is 12.6. The second kappa shape index (κ2) is 4.66. The molecule has 5 atom stereocenters. The minimum Gasteiger partial charge on any atom is -0.388 e. The number of aliphatic hydroxyl groups is 1. The molecule has 5 heteroatoms. The molecule has 2 fully saturated rings. The fraction of sp³-hybridized carbons (Fsp3) is 0.833. The normalized spacial score (nSPS) is 44.4. The minimum absolute atomic E-state index is 0.344. The molecule has 0 aromatic carbocycles. The SMILES string of the molecule is C=CCO[C@@H]1OC(C)[C@H](O)C2OC(C)(C)OC21. The summed E-state index contributed by atoms with van der Waals surface area (Å²) in [6.07, 6.45) is -0.749. The molecule has 17 heavy (non-hydrogen) atoms. The van der Waals surface area contributed by atoms with Crippen molar-refractivity contribution >= 4 is 0 Å². The van der Waals surface area contributed by atoms with Crippen LogP contribution in [0.2, 0.25) is 0 Å². The van der Waals surface area contributed by atoms with Crippen molar-refractivity contribution in [1.29, 1.82) is 0 Å². The quantitative estimate of drug-likeness (QED) is 0.745. The summed E-state index contributed by atoms with van der Waals surface area (Å²) in [7, 11) is 0. The Morgan fingerprint density at radius 2 is 2.00 bits per heavy atom. The van der Waals surface area contributed by atoms with Gasteiger partial charge in [-0.05, 0) is 20.8 Å². The summed E-state index contributed by atoms with van der Waals surface area (Å²) in [6.45, 7) is 9.38. The van der Waals surface area contributed by atoms with E-state index in [1.165, 1.54) is 0 Å². The molecule has 98 valence electrons. The molecule has 3 unspecified atom stereocenters. The Morgan fingerprint density at radius 3 is 2.65 bits per heavy atom. The first-order chi connectivity index (χ1) is 7.94. The predicted octanol–water partition coefficient (Wildman–Crippen LogP) is 0.815. The Kier molecular flexibility index (Phi) is 3.56. The summed E-state index contributed by atoms with van der Waals surface area (Å²) < 4.78 is 22.5. The Labute approximate surface area is 101 Å². The van der Waals surface area contributed by atoms with Crippen LogP contribution in [-0.4, -0.2) is 48.2 Å². The van der Waals surface area contributed by atoms with E-state index in [1.54, 1.807) is 13.0 Å². The van der Waals surface area contributed by atoms with Crippen LogP contribution < -0.4 is 0 Å². The van der Waals surface area contributed by atoms with Crippen LogP contribution in [0.1, 0.15) is 20.8 Å². The van der Waals surface area contributed by atoms with Crippen molar-refractivity contribution in [3.63, 3.8) is 0 Å². The lowest BCUT2D eigenvalue weighted by Gasteiger charge is -2.38. The minimum atomic E-state index is -0.723. The maximum atomic E-state index is 10.0. The van der Waals surface area contributed by atoms with Crippen LogP contribution in [0, 0.1) is 0 Å². The fourth-order valence-corrected chi connectivity index (χ4v) is 2.23. The van der Waals surface area contributed by atoms with E-state index in [2.05, 4.69) is 6.58 Å². The van der Waals surface area contributed by atoms with E-state index >= 15 is 0 Å². The third-order valence-corrected chi connectivity index (χ3v) is 2.98. The van der Waals surface area contributed by atoms with Gasteiger partial charge in [-0.25, -0.2) is 0 Å². The highest BCUT2D eigenvalue weighted by molar-refractivity contribution is 4.95. The van der Waals surface area contributed by atoms with E-state index in [9.17, 15) is 5.11 Å². The molecule has 2 heterocycles. The van der Waals surface area contributed by atoms with Gasteiger partial charge in [0.15, 0.2) is 12.1 Å². The van der Waals surface area contributed by atoms with E-state index in [0.717, 1.165) is 0 Å². The van der Waals surface area contributed by atoms with Crippen molar-refractivity contribution < 1.29 is 24.1 Å². The highest BCUT2D eigenvalue weighted by atomic mass is 16.8. The summed E-state index contributed by atoms with van der Waals surface area (Å²) >= 11 is 0. The molecule has 5 nitrogen and oxygen atoms in total. The first kappa shape index (κ1) is 13.0. The molecule has 0 aromatic heterocycles. The number of fused-ring (bicyclic) bond motifs is 1. The zero-order valence-electron chi connectivity index (χ0n) is 10.5. The number of hydrogen-bond donors (Lipinski definition) is 1. The van der Waals surface area contributed by atoms with Crippen molar-refractivity contribution in [3.05, 3.63) is 12.7 Å². The Bertz CT molecular complexity index is 291. The molecular formula is C12H20O5. The van der Waals surface area contributed by atoms with Gasteiger partial charge in [0, 0.05) is 0 Å². The molecule has 0 bridgehead atoms. The molecule has 2 aliphatic rings. The second-order valence-corrected chi connectivity index (χ2v) is 4.89. The molecule has 0 aliphatic carbocycles. The topological polar surface area (TPSA) is 57.2 Å². The van der Waals surface area contributed by atoms with Crippen LogP contribution in [0.4, 0.5) is 0 Å². The van der Waals surface area contributed by atoms with Crippen LogP contribution in [0.5, 0.6) is 0 Å². The number of aliphatic hydroxyl groups excluding tert-OH is 1. The Hall–Kier alpha value is -0.460. The molecule has 0 amide bonds. The molecule has 2 rings (SSSR count). The van der Waals surface area contributed by atoms with E-state index in [4.69, 9.17) is 18.9 Å². The summed E-state index contributed by atoms with van der Waals surface area (Å²) in [6, 6.07) is 0. The van der Waals surface area contributed by atoms with Gasteiger partial charge >= 0.3 is 0 Å². The summed E-state index contributed by atoms with van der Waals surface area (Å²) in [5, 5.41) is 10.0. The van der Waals surface area contributed by atoms with E-state index in [-0.39, 0.29) is 6.10 Å². The summed E-state index contributed by atoms with van der Waals surface area (Å²) in [5.41, 5.74) is 0. The first-order valence-corrected chi connectivity index (χ1v) is 5.86. The second-order valence-electron chi connectivity index (χ2n) is 4.89. The van der Waals surface area contributed by atoms with Gasteiger partial charge in [-0.1, -0.05) is 6.08 Å². The Morgan fingerprint density at radius 1 is 1.35 bits per heavy atom. The number of hydrogen-bond acceptors (Lipinski definition) is 5. The van der Waals surface area contributed by atoms with Crippen LogP contribution in [-0.2, 0) is 18.9 Å². The van der Waals surface area contributed by atoms with Gasteiger partial charge in [0.25, 0.3) is 0 Å². The van der Waals surface area contributed by atoms with Crippen LogP contribution in [0.3, 0.4) is 0 Å². The lowest BCUT2D eigenvalue weighted by atomic mass is 10.0. The van der Waals surface area contributed by atoms with E-state index < -0.39 is 30.4 Å². The number of ether oxygens (including phenoxy) is 4.